The second kappa shape index (κ2) is 13.3. The molecule has 2 amide bonds. The minimum atomic E-state index is -4.47. The van der Waals surface area contributed by atoms with Gasteiger partial charge < -0.3 is 15.0 Å². The number of ether oxygens (including phenoxy) is 1. The predicted molar refractivity (Wildman–Crippen MR) is 155 cm³/mol. The van der Waals surface area contributed by atoms with Crippen molar-refractivity contribution in [2.24, 2.45) is 0 Å². The Balaban J connectivity index is 2.10. The molecule has 0 bridgehead atoms. The number of methoxy groups -OCH3 is 1. The third kappa shape index (κ3) is 7.20. The van der Waals surface area contributed by atoms with Crippen LogP contribution in [0.25, 0.3) is 0 Å². The molecule has 0 aliphatic carbocycles. The Morgan fingerprint density at radius 1 is 1.02 bits per heavy atom. The number of carbonyl (C=O) groups is 2. The third-order valence-electron chi connectivity index (χ3n) is 6.72. The molecule has 0 spiro atoms. The molecule has 218 valence electrons. The second-order valence-electron chi connectivity index (χ2n) is 9.43. The highest BCUT2D eigenvalue weighted by atomic mass is 32.2. The summed E-state index contributed by atoms with van der Waals surface area (Å²) in [5.74, 6) is -0.551. The van der Waals surface area contributed by atoms with Gasteiger partial charge in [0.1, 0.15) is 18.3 Å². The van der Waals surface area contributed by atoms with Gasteiger partial charge in [-0.1, -0.05) is 30.3 Å². The van der Waals surface area contributed by atoms with Gasteiger partial charge in [-0.15, -0.1) is 0 Å². The highest BCUT2D eigenvalue weighted by molar-refractivity contribution is 7.92. The number of aryl methyl sites for hydroxylation is 2. The molecule has 41 heavy (non-hydrogen) atoms. The van der Waals surface area contributed by atoms with Crippen LogP contribution in [-0.2, 0) is 26.2 Å². The number of carbonyl (C=O) groups excluding carboxylic acids is 2. The van der Waals surface area contributed by atoms with Crippen LogP contribution in [0.3, 0.4) is 0 Å². The summed E-state index contributed by atoms with van der Waals surface area (Å²) in [6.45, 7) is 6.49. The summed E-state index contributed by atoms with van der Waals surface area (Å²) in [5, 5.41) is 14.3. The van der Waals surface area contributed by atoms with E-state index in [-0.39, 0.29) is 28.7 Å². The van der Waals surface area contributed by atoms with Crippen molar-refractivity contribution in [1.82, 2.24) is 10.2 Å². The molecule has 1 atom stereocenters. The van der Waals surface area contributed by atoms with Crippen LogP contribution in [0.2, 0.25) is 0 Å². The first-order chi connectivity index (χ1) is 19.4. The summed E-state index contributed by atoms with van der Waals surface area (Å²) >= 11 is 0. The fourth-order valence-corrected chi connectivity index (χ4v) is 5.66. The quantitative estimate of drug-likeness (QED) is 0.252. The lowest BCUT2D eigenvalue weighted by atomic mass is 10.1. The fourth-order valence-electron chi connectivity index (χ4n) is 4.23. The number of hydrogen-bond acceptors (Lipinski definition) is 7. The Labute approximate surface area is 239 Å². The highest BCUT2D eigenvalue weighted by Crippen LogP contribution is 2.29. The van der Waals surface area contributed by atoms with Gasteiger partial charge in [0.15, 0.2) is 0 Å². The number of nitrogens with zero attached hydrogens (tertiary/aromatic N) is 3. The first-order valence-corrected chi connectivity index (χ1v) is 14.4. The molecular weight excluding hydrogens is 548 g/mol. The van der Waals surface area contributed by atoms with Crippen molar-refractivity contribution in [3.63, 3.8) is 0 Å². The number of nitrogens with one attached hydrogen (secondary N) is 1. The van der Waals surface area contributed by atoms with Crippen LogP contribution < -0.4 is 14.4 Å². The van der Waals surface area contributed by atoms with Crippen LogP contribution in [0.5, 0.6) is 5.75 Å². The zero-order chi connectivity index (χ0) is 30.3. The lowest BCUT2D eigenvalue weighted by Gasteiger charge is -2.32. The molecule has 12 heteroatoms. The van der Waals surface area contributed by atoms with Gasteiger partial charge in [-0.25, -0.2) is 8.42 Å². The van der Waals surface area contributed by atoms with E-state index in [0.29, 0.717) is 17.9 Å². The van der Waals surface area contributed by atoms with Crippen LogP contribution in [0.4, 0.5) is 11.4 Å². The van der Waals surface area contributed by atoms with Crippen LogP contribution in [0.15, 0.2) is 71.6 Å². The minimum absolute atomic E-state index is 0.0658. The summed E-state index contributed by atoms with van der Waals surface area (Å²) in [6, 6.07) is 16.1. The largest absolute Gasteiger partial charge is 0.497 e. The number of nitro benzene ring substituents is 1. The van der Waals surface area contributed by atoms with Crippen LogP contribution in [0, 0.1) is 24.0 Å². The van der Waals surface area contributed by atoms with Gasteiger partial charge in [-0.2, -0.15) is 0 Å². The molecule has 0 radical (unpaired) electrons. The van der Waals surface area contributed by atoms with E-state index in [1.165, 1.54) is 43.2 Å². The van der Waals surface area contributed by atoms with Crippen molar-refractivity contribution >= 4 is 33.2 Å². The standard InChI is InChI=1S/C29H34N4O7S/c1-6-30-29(35)22(4)31(18-23-10-8-7-9-20(23)2)28(34)19-32(24-12-14-25(40-5)15-13-24)41(38,39)26-16-11-21(3)27(17-26)33(36)37/h7-17,22H,6,18-19H2,1-5H3,(H,30,35)/t22-/m0/s1. The van der Waals surface area contributed by atoms with Crippen LogP contribution in [-0.4, -0.2) is 56.3 Å². The number of sulfonamides is 1. The SMILES string of the molecule is CCNC(=O)[C@H](C)N(Cc1ccccc1C)C(=O)CN(c1ccc(OC)cc1)S(=O)(=O)c1ccc(C)c([N+](=O)[O-])c1. The van der Waals surface area contributed by atoms with E-state index in [9.17, 15) is 28.1 Å². The van der Waals surface area contributed by atoms with Gasteiger partial charge in [0.2, 0.25) is 11.8 Å². The molecule has 3 rings (SSSR count). The zero-order valence-electron chi connectivity index (χ0n) is 23.7. The fraction of sp³-hybridized carbons (Fsp3) is 0.310. The smallest absolute Gasteiger partial charge is 0.273 e. The number of rotatable bonds is 12. The molecule has 0 fully saturated rings. The minimum Gasteiger partial charge on any atom is -0.497 e. The van der Waals surface area contributed by atoms with Crippen molar-refractivity contribution in [2.75, 3.05) is 24.5 Å². The number of hydrogen-bond donors (Lipinski definition) is 1. The second-order valence-corrected chi connectivity index (χ2v) is 11.3. The lowest BCUT2D eigenvalue weighted by Crippen LogP contribution is -2.51. The third-order valence-corrected chi connectivity index (χ3v) is 8.49. The van der Waals surface area contributed by atoms with E-state index in [2.05, 4.69) is 5.32 Å². The number of likely N-dealkylation sites (N-methyl/N-ethyl adjacent to an activating group) is 1. The first-order valence-electron chi connectivity index (χ1n) is 12.9. The number of benzene rings is 3. The van der Waals surface area contributed by atoms with E-state index in [1.807, 2.05) is 31.2 Å². The monoisotopic (exact) mass is 582 g/mol. The first kappa shape index (κ1) is 31.1. The van der Waals surface area contributed by atoms with E-state index in [0.717, 1.165) is 21.5 Å². The van der Waals surface area contributed by atoms with Crippen molar-refractivity contribution < 1.29 is 27.7 Å². The van der Waals surface area contributed by atoms with Crippen molar-refractivity contribution in [2.45, 2.75) is 45.2 Å². The normalized spacial score (nSPS) is 11.8. The van der Waals surface area contributed by atoms with Crippen LogP contribution in [0.1, 0.15) is 30.5 Å². The molecule has 0 aliphatic heterocycles. The number of amides is 2. The van der Waals surface area contributed by atoms with Gasteiger partial charge in [-0.3, -0.25) is 24.0 Å². The molecule has 0 saturated carbocycles. The maximum Gasteiger partial charge on any atom is 0.273 e. The molecule has 1 N–H and O–H groups in total. The average Bonchev–Trinajstić information content (AvgIpc) is 2.95. The lowest BCUT2D eigenvalue weighted by molar-refractivity contribution is -0.385. The predicted octanol–water partition coefficient (Wildman–Crippen LogP) is 3.97. The summed E-state index contributed by atoms with van der Waals surface area (Å²) in [4.78, 5) is 38.6. The topological polar surface area (TPSA) is 139 Å². The van der Waals surface area contributed by atoms with Gasteiger partial charge in [0.05, 0.1) is 22.6 Å². The van der Waals surface area contributed by atoms with Gasteiger partial charge in [-0.05, 0) is 69.2 Å². The molecule has 11 nitrogen and oxygen atoms in total. The van der Waals surface area contributed by atoms with E-state index >= 15 is 0 Å². The Morgan fingerprint density at radius 2 is 1.68 bits per heavy atom. The number of anilines is 1. The van der Waals surface area contributed by atoms with Gasteiger partial charge in [0.25, 0.3) is 15.7 Å². The molecule has 0 aromatic heterocycles. The number of nitro groups is 1. The van der Waals surface area contributed by atoms with E-state index in [1.54, 1.807) is 26.0 Å². The van der Waals surface area contributed by atoms with Crippen molar-refractivity contribution in [1.29, 1.82) is 0 Å². The maximum absolute atomic E-state index is 14.0. The molecule has 0 saturated heterocycles. The van der Waals surface area contributed by atoms with Crippen molar-refractivity contribution in [3.05, 3.63) is 93.5 Å². The Bertz CT molecular complexity index is 1520. The summed E-state index contributed by atoms with van der Waals surface area (Å²) in [7, 11) is -3.01. The summed E-state index contributed by atoms with van der Waals surface area (Å²) in [6.07, 6.45) is 0. The molecule has 3 aromatic carbocycles. The molecular formula is C29H34N4O7S. The Hall–Kier alpha value is -4.45. The van der Waals surface area contributed by atoms with Crippen molar-refractivity contribution in [3.8, 4) is 5.75 Å². The van der Waals surface area contributed by atoms with E-state index < -0.39 is 33.4 Å². The maximum atomic E-state index is 14.0. The molecule has 0 unspecified atom stereocenters. The molecule has 0 heterocycles. The summed E-state index contributed by atoms with van der Waals surface area (Å²) in [5.41, 5.74) is 1.77. The molecule has 0 aliphatic rings. The Morgan fingerprint density at radius 3 is 2.27 bits per heavy atom. The van der Waals surface area contributed by atoms with Gasteiger partial charge in [0, 0.05) is 24.7 Å². The Kier molecular flexibility index (Phi) is 10.1. The van der Waals surface area contributed by atoms with Crippen LogP contribution >= 0.6 is 0 Å². The molecule has 3 aromatic rings. The highest BCUT2D eigenvalue weighted by Gasteiger charge is 2.33. The van der Waals surface area contributed by atoms with E-state index in [4.69, 9.17) is 4.74 Å². The average molecular weight is 583 g/mol. The zero-order valence-corrected chi connectivity index (χ0v) is 24.5. The summed E-state index contributed by atoms with van der Waals surface area (Å²) < 4.78 is 34.0. The van der Waals surface area contributed by atoms with Gasteiger partial charge >= 0.3 is 0 Å².